The number of rotatable bonds is 10. The van der Waals surface area contributed by atoms with Crippen LogP contribution in [0.25, 0.3) is 10.9 Å². The summed E-state index contributed by atoms with van der Waals surface area (Å²) < 4.78 is 37.1. The summed E-state index contributed by atoms with van der Waals surface area (Å²) in [6.45, 7) is 7.05. The molecule has 9 nitrogen and oxygen atoms in total. The number of anilines is 2. The first-order valence-corrected chi connectivity index (χ1v) is 13.5. The van der Waals surface area contributed by atoms with Gasteiger partial charge in [0.05, 0.1) is 29.8 Å². The molecule has 39 heavy (non-hydrogen) atoms. The molecule has 3 heterocycles. The van der Waals surface area contributed by atoms with E-state index in [-0.39, 0.29) is 23.6 Å². The second-order valence-electron chi connectivity index (χ2n) is 10.4. The van der Waals surface area contributed by atoms with Gasteiger partial charge in [-0.05, 0) is 57.4 Å². The van der Waals surface area contributed by atoms with Crippen LogP contribution < -0.4 is 14.8 Å². The number of aromatic nitrogens is 2. The molecule has 0 bridgehead atoms. The molecule has 0 saturated carbocycles. The molecular formula is C28H32ClFN4O5. The van der Waals surface area contributed by atoms with E-state index in [2.05, 4.69) is 20.2 Å². The number of ether oxygens (including phenoxy) is 4. The molecule has 1 unspecified atom stereocenters. The number of carbonyl (C=O) groups is 1. The summed E-state index contributed by atoms with van der Waals surface area (Å²) in [5, 5.41) is 3.91. The van der Waals surface area contributed by atoms with Crippen molar-refractivity contribution in [3.8, 4) is 11.5 Å². The minimum absolute atomic E-state index is 0.0136. The highest BCUT2D eigenvalue weighted by molar-refractivity contribution is 6.31. The average molecular weight is 559 g/mol. The molecule has 11 heteroatoms. The minimum Gasteiger partial charge on any atom is -0.490 e. The Hall–Kier alpha value is -3.21. The summed E-state index contributed by atoms with van der Waals surface area (Å²) in [5.41, 5.74) is 0.747. The van der Waals surface area contributed by atoms with Crippen LogP contribution in [0.1, 0.15) is 33.1 Å². The fraction of sp³-hybridized carbons (Fsp3) is 0.464. The third kappa shape index (κ3) is 7.06. The first kappa shape index (κ1) is 27.4. The van der Waals surface area contributed by atoms with Gasteiger partial charge in [0.15, 0.2) is 11.5 Å². The Labute approximate surface area is 231 Å². The summed E-state index contributed by atoms with van der Waals surface area (Å²) in [6.07, 6.45) is 4.15. The Morgan fingerprint density at radius 1 is 1.21 bits per heavy atom. The van der Waals surface area contributed by atoms with Gasteiger partial charge in [0.25, 0.3) is 0 Å². The molecule has 2 aliphatic heterocycles. The molecule has 0 spiro atoms. The van der Waals surface area contributed by atoms with E-state index in [0.29, 0.717) is 66.6 Å². The van der Waals surface area contributed by atoms with E-state index in [4.69, 9.17) is 30.5 Å². The molecule has 208 valence electrons. The van der Waals surface area contributed by atoms with Crippen LogP contribution in [0.15, 0.2) is 36.7 Å². The van der Waals surface area contributed by atoms with Crippen molar-refractivity contribution < 1.29 is 28.1 Å². The molecule has 2 saturated heterocycles. The Balaban J connectivity index is 1.33. The van der Waals surface area contributed by atoms with Gasteiger partial charge in [0.1, 0.15) is 30.2 Å². The normalized spacial score (nSPS) is 19.2. The number of halogens is 2. The number of hydrogen-bond acceptors (Lipinski definition) is 9. The van der Waals surface area contributed by atoms with Crippen molar-refractivity contribution in [3.63, 3.8) is 0 Å². The van der Waals surface area contributed by atoms with Crippen LogP contribution >= 0.6 is 11.6 Å². The third-order valence-corrected chi connectivity index (χ3v) is 6.84. The van der Waals surface area contributed by atoms with Gasteiger partial charge in [-0.1, -0.05) is 11.6 Å². The molecule has 5 rings (SSSR count). The van der Waals surface area contributed by atoms with E-state index in [1.807, 2.05) is 26.0 Å². The molecule has 2 fully saturated rings. The van der Waals surface area contributed by atoms with Gasteiger partial charge in [0.2, 0.25) is 0 Å². The Morgan fingerprint density at radius 3 is 2.82 bits per heavy atom. The first-order chi connectivity index (χ1) is 18.8. The lowest BCUT2D eigenvalue weighted by Crippen LogP contribution is -2.51. The van der Waals surface area contributed by atoms with E-state index >= 15 is 0 Å². The quantitative estimate of drug-likeness (QED) is 0.268. The van der Waals surface area contributed by atoms with Crippen LogP contribution in [0.2, 0.25) is 5.02 Å². The maximum atomic E-state index is 13.6. The SMILES string of the molecule is CC1(C)CN(CCCOc2cc3ncnc(Nc4ccc(F)c(Cl)c4)c3cc2OCC2CCCO2)CC(=O)O1. The van der Waals surface area contributed by atoms with E-state index in [1.165, 1.54) is 18.5 Å². The molecule has 3 aromatic rings. The zero-order valence-corrected chi connectivity index (χ0v) is 22.8. The van der Waals surface area contributed by atoms with Crippen molar-refractivity contribution in [2.24, 2.45) is 0 Å². The molecule has 1 N–H and O–H groups in total. The maximum absolute atomic E-state index is 13.6. The van der Waals surface area contributed by atoms with Gasteiger partial charge in [-0.15, -0.1) is 0 Å². The smallest absolute Gasteiger partial charge is 0.320 e. The second kappa shape index (κ2) is 11.9. The highest BCUT2D eigenvalue weighted by atomic mass is 35.5. The summed E-state index contributed by atoms with van der Waals surface area (Å²) in [6, 6.07) is 8.05. The predicted molar refractivity (Wildman–Crippen MR) is 145 cm³/mol. The summed E-state index contributed by atoms with van der Waals surface area (Å²) >= 11 is 5.96. The average Bonchev–Trinajstić information content (AvgIpc) is 3.40. The highest BCUT2D eigenvalue weighted by Crippen LogP contribution is 2.36. The largest absolute Gasteiger partial charge is 0.490 e. The summed E-state index contributed by atoms with van der Waals surface area (Å²) in [5.74, 6) is 0.934. The number of cyclic esters (lactones) is 1. The van der Waals surface area contributed by atoms with E-state index in [9.17, 15) is 9.18 Å². The lowest BCUT2D eigenvalue weighted by atomic mass is 10.1. The number of fused-ring (bicyclic) bond motifs is 1. The Kier molecular flexibility index (Phi) is 8.34. The standard InChI is InChI=1S/C28H32ClFN4O5/c1-28(2)16-34(14-26(35)39-28)8-4-10-37-25-13-23-20(12-24(25)38-15-19-5-3-9-36-19)27(32-17-31-23)33-18-6-7-22(30)21(29)11-18/h6-7,11-13,17,19H,3-5,8-10,14-16H2,1-2H3,(H,31,32,33). The summed E-state index contributed by atoms with van der Waals surface area (Å²) in [4.78, 5) is 22.8. The number of hydrogen-bond donors (Lipinski definition) is 1. The molecule has 2 aliphatic rings. The van der Waals surface area contributed by atoms with Crippen molar-refractivity contribution in [3.05, 3.63) is 47.5 Å². The van der Waals surface area contributed by atoms with E-state index in [1.54, 1.807) is 6.07 Å². The monoisotopic (exact) mass is 558 g/mol. The molecule has 2 aromatic carbocycles. The fourth-order valence-electron chi connectivity index (χ4n) is 4.84. The zero-order valence-electron chi connectivity index (χ0n) is 22.0. The molecule has 0 aliphatic carbocycles. The number of nitrogens with zero attached hydrogens (tertiary/aromatic N) is 3. The van der Waals surface area contributed by atoms with E-state index < -0.39 is 11.4 Å². The van der Waals surface area contributed by atoms with Crippen LogP contribution in [0.3, 0.4) is 0 Å². The number of esters is 1. The van der Waals surface area contributed by atoms with Crippen molar-refractivity contribution in [2.45, 2.75) is 44.8 Å². The van der Waals surface area contributed by atoms with E-state index in [0.717, 1.165) is 19.4 Å². The van der Waals surface area contributed by atoms with Gasteiger partial charge in [0, 0.05) is 36.8 Å². The van der Waals surface area contributed by atoms with Crippen molar-refractivity contribution in [1.29, 1.82) is 0 Å². The summed E-state index contributed by atoms with van der Waals surface area (Å²) in [7, 11) is 0. The Bertz CT molecular complexity index is 1330. The zero-order chi connectivity index (χ0) is 27.4. The van der Waals surface area contributed by atoms with Gasteiger partial charge < -0.3 is 24.3 Å². The topological polar surface area (TPSA) is 95.0 Å². The lowest BCUT2D eigenvalue weighted by molar-refractivity contribution is -0.169. The fourth-order valence-corrected chi connectivity index (χ4v) is 5.02. The van der Waals surface area contributed by atoms with Crippen molar-refractivity contribution in [2.75, 3.05) is 44.8 Å². The molecule has 1 aromatic heterocycles. The van der Waals surface area contributed by atoms with Crippen LogP contribution in [-0.2, 0) is 14.3 Å². The van der Waals surface area contributed by atoms with Gasteiger partial charge >= 0.3 is 5.97 Å². The van der Waals surface area contributed by atoms with Crippen molar-refractivity contribution >= 4 is 40.0 Å². The predicted octanol–water partition coefficient (Wildman–Crippen LogP) is 5.13. The highest BCUT2D eigenvalue weighted by Gasteiger charge is 2.32. The molecular weight excluding hydrogens is 527 g/mol. The number of nitrogens with one attached hydrogen (secondary N) is 1. The van der Waals surface area contributed by atoms with Gasteiger partial charge in [-0.3, -0.25) is 9.69 Å². The minimum atomic E-state index is -0.497. The first-order valence-electron chi connectivity index (χ1n) is 13.1. The van der Waals surface area contributed by atoms with Crippen LogP contribution in [0, 0.1) is 5.82 Å². The van der Waals surface area contributed by atoms with Gasteiger partial charge in [-0.25, -0.2) is 14.4 Å². The van der Waals surface area contributed by atoms with Crippen LogP contribution in [-0.4, -0.2) is 72.0 Å². The molecule has 1 atom stereocenters. The second-order valence-corrected chi connectivity index (χ2v) is 10.8. The van der Waals surface area contributed by atoms with Crippen molar-refractivity contribution in [1.82, 2.24) is 14.9 Å². The van der Waals surface area contributed by atoms with Gasteiger partial charge in [-0.2, -0.15) is 0 Å². The third-order valence-electron chi connectivity index (χ3n) is 6.56. The number of carbonyl (C=O) groups excluding carboxylic acids is 1. The van der Waals surface area contributed by atoms with Crippen LogP contribution in [0.5, 0.6) is 11.5 Å². The molecule has 0 amide bonds. The van der Waals surface area contributed by atoms with Crippen LogP contribution in [0.4, 0.5) is 15.9 Å². The maximum Gasteiger partial charge on any atom is 0.320 e. The molecule has 0 radical (unpaired) electrons. The number of benzene rings is 2. The number of morpholine rings is 1. The lowest BCUT2D eigenvalue weighted by Gasteiger charge is -2.37. The Morgan fingerprint density at radius 2 is 2.05 bits per heavy atom.